The van der Waals surface area contributed by atoms with Gasteiger partial charge in [0, 0.05) is 45.7 Å². The van der Waals surface area contributed by atoms with E-state index < -0.39 is 5.54 Å². The molecule has 0 spiro atoms. The molecule has 3 aromatic rings. The summed E-state index contributed by atoms with van der Waals surface area (Å²) in [6, 6.07) is 16.0. The Balaban J connectivity index is 1.38. The van der Waals surface area contributed by atoms with Gasteiger partial charge in [0.25, 0.3) is 0 Å². The molecule has 2 aromatic carbocycles. The molecule has 0 saturated heterocycles. The molecule has 0 atom stereocenters. The van der Waals surface area contributed by atoms with Gasteiger partial charge in [0.2, 0.25) is 5.91 Å². The van der Waals surface area contributed by atoms with Crippen molar-refractivity contribution in [3.8, 4) is 11.3 Å². The van der Waals surface area contributed by atoms with Crippen LogP contribution in [0.2, 0.25) is 0 Å². The number of rotatable bonds is 10. The summed E-state index contributed by atoms with van der Waals surface area (Å²) in [5.41, 5.74) is 2.11. The van der Waals surface area contributed by atoms with Crippen LogP contribution in [-0.4, -0.2) is 22.2 Å². The molecule has 1 aliphatic carbocycles. The minimum Gasteiger partial charge on any atom is -0.448 e. The molecule has 172 valence electrons. The lowest BCUT2D eigenvalue weighted by atomic mass is 9.85. The SMILES string of the molecule is CCC(CC)(CC(=O)c1ccc(Sc2ccc(-c3coc(C4CC4)n3)cc2)cc1)NC(C)=O. The average Bonchev–Trinajstić information content (AvgIpc) is 3.56. The topological polar surface area (TPSA) is 72.2 Å². The maximum absolute atomic E-state index is 12.9. The molecule has 0 radical (unpaired) electrons. The van der Waals surface area contributed by atoms with Gasteiger partial charge in [0.1, 0.15) is 12.0 Å². The number of aromatic nitrogens is 1. The number of nitrogens with zero attached hydrogens (tertiary/aromatic N) is 1. The molecule has 5 nitrogen and oxygen atoms in total. The highest BCUT2D eigenvalue weighted by molar-refractivity contribution is 7.99. The molecule has 1 aromatic heterocycles. The number of Topliss-reactive ketones (excluding diaryl/α,β-unsaturated/α-hetero) is 1. The number of hydrogen-bond acceptors (Lipinski definition) is 5. The Labute approximate surface area is 199 Å². The molecule has 0 aliphatic heterocycles. The number of hydrogen-bond donors (Lipinski definition) is 1. The number of nitrogens with one attached hydrogen (secondary N) is 1. The Hall–Kier alpha value is -2.86. The number of carbonyl (C=O) groups is 2. The van der Waals surface area contributed by atoms with E-state index >= 15 is 0 Å². The Morgan fingerprint density at radius 1 is 1.03 bits per heavy atom. The minimum atomic E-state index is -0.485. The molecule has 1 saturated carbocycles. The first-order chi connectivity index (χ1) is 15.9. The normalized spacial score (nSPS) is 13.7. The molecule has 4 rings (SSSR count). The molecule has 1 amide bonds. The average molecular weight is 463 g/mol. The fraction of sp³-hybridized carbons (Fsp3) is 0.370. The Morgan fingerprint density at radius 3 is 2.18 bits per heavy atom. The number of oxazole rings is 1. The second-order valence-corrected chi connectivity index (χ2v) is 9.91. The third-order valence-corrected chi connectivity index (χ3v) is 7.32. The zero-order valence-electron chi connectivity index (χ0n) is 19.4. The van der Waals surface area contributed by atoms with Gasteiger partial charge >= 0.3 is 0 Å². The maximum atomic E-state index is 12.9. The minimum absolute atomic E-state index is 0.0477. The summed E-state index contributed by atoms with van der Waals surface area (Å²) < 4.78 is 5.60. The van der Waals surface area contributed by atoms with Crippen LogP contribution in [-0.2, 0) is 4.79 Å². The van der Waals surface area contributed by atoms with Crippen molar-refractivity contribution in [1.29, 1.82) is 0 Å². The lowest BCUT2D eigenvalue weighted by Crippen LogP contribution is -2.48. The first kappa shape index (κ1) is 23.3. The fourth-order valence-corrected chi connectivity index (χ4v) is 4.80. The van der Waals surface area contributed by atoms with Crippen LogP contribution in [0.1, 0.15) is 75.0 Å². The van der Waals surface area contributed by atoms with Crippen molar-refractivity contribution in [3.05, 3.63) is 66.2 Å². The van der Waals surface area contributed by atoms with Gasteiger partial charge < -0.3 is 9.73 Å². The highest BCUT2D eigenvalue weighted by Crippen LogP contribution is 2.40. The van der Waals surface area contributed by atoms with E-state index in [0.29, 0.717) is 17.9 Å². The van der Waals surface area contributed by atoms with Crippen LogP contribution in [0.15, 0.2) is 69.0 Å². The van der Waals surface area contributed by atoms with Crippen LogP contribution in [0, 0.1) is 0 Å². The second-order valence-electron chi connectivity index (χ2n) is 8.76. The smallest absolute Gasteiger partial charge is 0.217 e. The van der Waals surface area contributed by atoms with Crippen LogP contribution >= 0.6 is 11.8 Å². The summed E-state index contributed by atoms with van der Waals surface area (Å²) in [5.74, 6) is 1.31. The molecule has 1 fully saturated rings. The summed E-state index contributed by atoms with van der Waals surface area (Å²) in [6.45, 7) is 5.51. The molecule has 6 heteroatoms. The molecular formula is C27H30N2O3S. The Kier molecular flexibility index (Phi) is 7.03. The zero-order valence-corrected chi connectivity index (χ0v) is 20.2. The third kappa shape index (κ3) is 5.74. The predicted molar refractivity (Wildman–Crippen MR) is 131 cm³/mol. The van der Waals surface area contributed by atoms with E-state index in [0.717, 1.165) is 39.8 Å². The van der Waals surface area contributed by atoms with Crippen LogP contribution in [0.5, 0.6) is 0 Å². The second kappa shape index (κ2) is 9.96. The lowest BCUT2D eigenvalue weighted by molar-refractivity contribution is -0.120. The molecule has 0 bridgehead atoms. The lowest BCUT2D eigenvalue weighted by Gasteiger charge is -2.32. The van der Waals surface area contributed by atoms with Crippen LogP contribution < -0.4 is 5.32 Å². The monoisotopic (exact) mass is 462 g/mol. The van der Waals surface area contributed by atoms with Gasteiger partial charge in [-0.3, -0.25) is 9.59 Å². The first-order valence-electron chi connectivity index (χ1n) is 11.6. The fourth-order valence-electron chi connectivity index (χ4n) is 3.98. The number of benzene rings is 2. The highest BCUT2D eigenvalue weighted by Gasteiger charge is 2.30. The first-order valence-corrected chi connectivity index (χ1v) is 12.4. The van der Waals surface area contributed by atoms with Crippen LogP contribution in [0.25, 0.3) is 11.3 Å². The quantitative estimate of drug-likeness (QED) is 0.342. The summed E-state index contributed by atoms with van der Waals surface area (Å²) in [4.78, 5) is 31.3. The van der Waals surface area contributed by atoms with E-state index in [9.17, 15) is 9.59 Å². The zero-order chi connectivity index (χ0) is 23.4. The standard InChI is InChI=1S/C27H30N2O3S/c1-4-27(5-2,29-18(3)30)16-25(31)20-10-14-23(15-11-20)33-22-12-8-19(9-13-22)24-17-32-26(28-24)21-6-7-21/h8-15,17,21H,4-7,16H2,1-3H3,(H,29,30). The number of ketones is 1. The van der Waals surface area contributed by atoms with Crippen molar-refractivity contribution in [2.75, 3.05) is 0 Å². The summed E-state index contributed by atoms with van der Waals surface area (Å²) in [5, 5.41) is 2.99. The van der Waals surface area contributed by atoms with Gasteiger partial charge in [0.05, 0.1) is 0 Å². The van der Waals surface area contributed by atoms with Crippen molar-refractivity contribution < 1.29 is 14.0 Å². The van der Waals surface area contributed by atoms with E-state index in [1.54, 1.807) is 18.0 Å². The van der Waals surface area contributed by atoms with Crippen molar-refractivity contribution in [2.24, 2.45) is 0 Å². The summed E-state index contributed by atoms with van der Waals surface area (Å²) in [7, 11) is 0. The molecule has 0 unspecified atom stereocenters. The molecule has 1 aliphatic rings. The summed E-state index contributed by atoms with van der Waals surface area (Å²) in [6.07, 6.45) is 5.83. The third-order valence-electron chi connectivity index (χ3n) is 6.30. The predicted octanol–water partition coefficient (Wildman–Crippen LogP) is 6.64. The molecule has 1 heterocycles. The maximum Gasteiger partial charge on any atom is 0.217 e. The van der Waals surface area contributed by atoms with Gasteiger partial charge in [-0.15, -0.1) is 0 Å². The molecule has 1 N–H and O–H groups in total. The van der Waals surface area contributed by atoms with Crippen LogP contribution in [0.3, 0.4) is 0 Å². The van der Waals surface area contributed by atoms with Crippen LogP contribution in [0.4, 0.5) is 0 Å². The molecular weight excluding hydrogens is 432 g/mol. The van der Waals surface area contributed by atoms with Gasteiger partial charge in [-0.25, -0.2) is 4.98 Å². The number of carbonyl (C=O) groups excluding carboxylic acids is 2. The number of amides is 1. The van der Waals surface area contributed by atoms with E-state index in [2.05, 4.69) is 34.6 Å². The van der Waals surface area contributed by atoms with Gasteiger partial charge in [-0.05, 0) is 49.9 Å². The summed E-state index contributed by atoms with van der Waals surface area (Å²) >= 11 is 1.65. The Bertz CT molecular complexity index is 1110. The van der Waals surface area contributed by atoms with Crippen molar-refractivity contribution in [2.45, 2.75) is 74.1 Å². The largest absolute Gasteiger partial charge is 0.448 e. The van der Waals surface area contributed by atoms with Crippen molar-refractivity contribution in [1.82, 2.24) is 10.3 Å². The van der Waals surface area contributed by atoms with Crippen molar-refractivity contribution in [3.63, 3.8) is 0 Å². The van der Waals surface area contributed by atoms with Gasteiger partial charge in [-0.1, -0.05) is 49.9 Å². The van der Waals surface area contributed by atoms with E-state index in [1.165, 1.54) is 19.8 Å². The van der Waals surface area contributed by atoms with Crippen molar-refractivity contribution >= 4 is 23.5 Å². The molecule has 33 heavy (non-hydrogen) atoms. The van der Waals surface area contributed by atoms with Gasteiger partial charge in [0.15, 0.2) is 11.7 Å². The highest BCUT2D eigenvalue weighted by atomic mass is 32.2. The Morgan fingerprint density at radius 2 is 1.64 bits per heavy atom. The van der Waals surface area contributed by atoms with E-state index in [4.69, 9.17) is 4.42 Å². The van der Waals surface area contributed by atoms with Gasteiger partial charge in [-0.2, -0.15) is 0 Å². The van der Waals surface area contributed by atoms with E-state index in [1.807, 2.05) is 38.1 Å². The van der Waals surface area contributed by atoms with E-state index in [-0.39, 0.29) is 11.7 Å².